The van der Waals surface area contributed by atoms with Gasteiger partial charge in [-0.15, -0.1) is 0 Å². The highest BCUT2D eigenvalue weighted by Gasteiger charge is 1.99. The summed E-state index contributed by atoms with van der Waals surface area (Å²) in [5.41, 5.74) is 2.18. The van der Waals surface area contributed by atoms with Gasteiger partial charge in [-0.1, -0.05) is 30.3 Å². The molecule has 2 rings (SSSR count). The van der Waals surface area contributed by atoms with Crippen LogP contribution in [0.5, 0.6) is 0 Å². The molecular weight excluding hydrogens is 148 g/mol. The summed E-state index contributed by atoms with van der Waals surface area (Å²) in [6.45, 7) is 0. The van der Waals surface area contributed by atoms with Crippen molar-refractivity contribution < 1.29 is 0 Å². The number of hydrogen-bond donors (Lipinski definition) is 0. The van der Waals surface area contributed by atoms with Crippen molar-refractivity contribution in [2.75, 3.05) is 0 Å². The van der Waals surface area contributed by atoms with Crippen LogP contribution in [0.1, 0.15) is 0 Å². The summed E-state index contributed by atoms with van der Waals surface area (Å²) >= 11 is 0. The Hall–Kier alpha value is -1.57. The second-order valence-electron chi connectivity index (χ2n) is 2.58. The fourth-order valence-corrected chi connectivity index (χ4v) is 1.19. The van der Waals surface area contributed by atoms with Crippen LogP contribution in [0.25, 0.3) is 11.3 Å². The summed E-state index contributed by atoms with van der Waals surface area (Å²) in [5.74, 6) is 0. The largest absolute Gasteiger partial charge is 0.263 e. The molecule has 0 N–H and O–H groups in total. The molecule has 2 nitrogen and oxygen atoms in total. The van der Waals surface area contributed by atoms with E-state index in [1.165, 1.54) is 0 Å². The van der Waals surface area contributed by atoms with Crippen molar-refractivity contribution in [3.05, 3.63) is 49.6 Å². The predicted octanol–water partition coefficient (Wildman–Crippen LogP) is 2.19. The number of aromatic nitrogens is 2. The summed E-state index contributed by atoms with van der Waals surface area (Å²) in [4.78, 5) is 0. The van der Waals surface area contributed by atoms with E-state index in [1.54, 1.807) is 10.9 Å². The quantitative estimate of drug-likeness (QED) is 0.620. The van der Waals surface area contributed by atoms with Gasteiger partial charge in [0.1, 0.15) is 0 Å². The molecule has 0 aliphatic heterocycles. The minimum Gasteiger partial charge on any atom is -0.263 e. The average Bonchev–Trinajstić information content (AvgIpc) is 2.53. The maximum atomic E-state index is 4.00. The van der Waals surface area contributed by atoms with Gasteiger partial charge < -0.3 is 0 Å². The molecule has 0 bridgehead atoms. The summed E-state index contributed by atoms with van der Waals surface area (Å²) in [5, 5.41) is 4.00. The molecule has 0 saturated heterocycles. The van der Waals surface area contributed by atoms with Crippen LogP contribution in [0.2, 0.25) is 0 Å². The lowest BCUT2D eigenvalue weighted by Crippen LogP contribution is -1.89. The lowest BCUT2D eigenvalue weighted by Gasteiger charge is -1.99. The summed E-state index contributed by atoms with van der Waals surface area (Å²) < 4.78 is 1.62. The molecular formula is C10H9N2. The third-order valence-corrected chi connectivity index (χ3v) is 1.79. The fraction of sp³-hybridized carbons (Fsp3) is 0. The SMILES string of the molecule is [CH2]n1nccc1-c1ccccc1. The third kappa shape index (κ3) is 1.11. The molecule has 59 valence electrons. The van der Waals surface area contributed by atoms with Crippen LogP contribution in [-0.2, 0) is 0 Å². The molecule has 0 aliphatic rings. The van der Waals surface area contributed by atoms with Crippen LogP contribution in [-0.4, -0.2) is 9.78 Å². The normalized spacial score (nSPS) is 10.1. The predicted molar refractivity (Wildman–Crippen MR) is 48.4 cm³/mol. The highest BCUT2D eigenvalue weighted by atomic mass is 15.2. The summed E-state index contributed by atoms with van der Waals surface area (Å²) in [7, 11) is 3.76. The topological polar surface area (TPSA) is 17.8 Å². The van der Waals surface area contributed by atoms with Crippen molar-refractivity contribution in [2.45, 2.75) is 0 Å². The smallest absolute Gasteiger partial charge is 0.0683 e. The molecule has 1 heterocycles. The molecule has 0 fully saturated rings. The zero-order valence-electron chi connectivity index (χ0n) is 6.64. The third-order valence-electron chi connectivity index (χ3n) is 1.79. The van der Waals surface area contributed by atoms with Gasteiger partial charge in [0.15, 0.2) is 0 Å². The molecule has 2 aromatic rings. The van der Waals surface area contributed by atoms with Gasteiger partial charge in [-0.3, -0.25) is 4.68 Å². The fourth-order valence-electron chi connectivity index (χ4n) is 1.19. The standard InChI is InChI=1S/C10H9N2/c1-12-10(7-8-11-12)9-5-3-2-4-6-9/h2-8H,1H2. The van der Waals surface area contributed by atoms with Gasteiger partial charge in [-0.05, 0) is 11.6 Å². The van der Waals surface area contributed by atoms with Gasteiger partial charge in [0, 0.05) is 6.20 Å². The van der Waals surface area contributed by atoms with Crippen molar-refractivity contribution in [3.63, 3.8) is 0 Å². The minimum atomic E-state index is 1.04. The van der Waals surface area contributed by atoms with Crippen molar-refractivity contribution >= 4 is 0 Å². The highest BCUT2D eigenvalue weighted by molar-refractivity contribution is 5.58. The van der Waals surface area contributed by atoms with Crippen LogP contribution in [0, 0.1) is 7.05 Å². The lowest BCUT2D eigenvalue weighted by atomic mass is 10.2. The van der Waals surface area contributed by atoms with E-state index in [2.05, 4.69) is 12.1 Å². The zero-order valence-corrected chi connectivity index (χ0v) is 6.64. The van der Waals surface area contributed by atoms with E-state index in [4.69, 9.17) is 0 Å². The molecule has 0 aliphatic carbocycles. The van der Waals surface area contributed by atoms with Gasteiger partial charge in [0.25, 0.3) is 0 Å². The van der Waals surface area contributed by atoms with E-state index >= 15 is 0 Å². The van der Waals surface area contributed by atoms with Crippen LogP contribution < -0.4 is 0 Å². The van der Waals surface area contributed by atoms with Crippen molar-refractivity contribution in [2.24, 2.45) is 0 Å². The van der Waals surface area contributed by atoms with Gasteiger partial charge in [0.2, 0.25) is 0 Å². The van der Waals surface area contributed by atoms with Gasteiger partial charge in [-0.2, -0.15) is 5.10 Å². The molecule has 1 aromatic carbocycles. The Bertz CT molecular complexity index is 362. The summed E-state index contributed by atoms with van der Waals surface area (Å²) in [6, 6.07) is 12.0. The molecule has 0 atom stereocenters. The average molecular weight is 157 g/mol. The number of hydrogen-bond acceptors (Lipinski definition) is 1. The van der Waals surface area contributed by atoms with Gasteiger partial charge >= 0.3 is 0 Å². The maximum Gasteiger partial charge on any atom is 0.0683 e. The first-order chi connectivity index (χ1) is 5.88. The van der Waals surface area contributed by atoms with E-state index in [9.17, 15) is 0 Å². The maximum absolute atomic E-state index is 4.00. The van der Waals surface area contributed by atoms with Crippen LogP contribution in [0.4, 0.5) is 0 Å². The van der Waals surface area contributed by atoms with Gasteiger partial charge in [-0.25, -0.2) is 0 Å². The number of nitrogens with zero attached hydrogens (tertiary/aromatic N) is 2. The zero-order chi connectivity index (χ0) is 8.39. The molecule has 0 spiro atoms. The molecule has 1 radical (unpaired) electrons. The van der Waals surface area contributed by atoms with Crippen LogP contribution >= 0.6 is 0 Å². The monoisotopic (exact) mass is 157 g/mol. The van der Waals surface area contributed by atoms with E-state index < -0.39 is 0 Å². The van der Waals surface area contributed by atoms with Crippen molar-refractivity contribution in [3.8, 4) is 11.3 Å². The Morgan fingerprint density at radius 3 is 2.42 bits per heavy atom. The second-order valence-corrected chi connectivity index (χ2v) is 2.58. The van der Waals surface area contributed by atoms with E-state index in [0.29, 0.717) is 0 Å². The number of benzene rings is 1. The molecule has 1 aromatic heterocycles. The Kier molecular flexibility index (Phi) is 1.67. The molecule has 12 heavy (non-hydrogen) atoms. The minimum absolute atomic E-state index is 1.04. The Morgan fingerprint density at radius 2 is 1.83 bits per heavy atom. The van der Waals surface area contributed by atoms with Crippen molar-refractivity contribution in [1.29, 1.82) is 0 Å². The van der Waals surface area contributed by atoms with E-state index in [-0.39, 0.29) is 0 Å². The first-order valence-corrected chi connectivity index (χ1v) is 3.78. The van der Waals surface area contributed by atoms with E-state index in [1.807, 2.05) is 36.4 Å². The Labute approximate surface area is 71.5 Å². The second kappa shape index (κ2) is 2.81. The van der Waals surface area contributed by atoms with Crippen molar-refractivity contribution in [1.82, 2.24) is 9.78 Å². The summed E-state index contributed by atoms with van der Waals surface area (Å²) in [6.07, 6.45) is 1.75. The van der Waals surface area contributed by atoms with E-state index in [0.717, 1.165) is 11.3 Å². The van der Waals surface area contributed by atoms with Crippen LogP contribution in [0.15, 0.2) is 42.6 Å². The Morgan fingerprint density at radius 1 is 1.08 bits per heavy atom. The first-order valence-electron chi connectivity index (χ1n) is 3.78. The molecule has 0 saturated carbocycles. The molecule has 0 amide bonds. The van der Waals surface area contributed by atoms with Gasteiger partial charge in [0.05, 0.1) is 12.7 Å². The highest BCUT2D eigenvalue weighted by Crippen LogP contribution is 2.16. The number of rotatable bonds is 1. The lowest BCUT2D eigenvalue weighted by molar-refractivity contribution is 0.885. The Balaban J connectivity index is 2.51. The first kappa shape index (κ1) is 7.10. The molecule has 0 unspecified atom stereocenters. The van der Waals surface area contributed by atoms with Crippen LogP contribution in [0.3, 0.4) is 0 Å². The molecule has 2 heteroatoms.